The molecule has 3 aromatic rings. The van der Waals surface area contributed by atoms with Crippen molar-refractivity contribution in [1.82, 2.24) is 5.32 Å². The lowest BCUT2D eigenvalue weighted by atomic mass is 9.81. The van der Waals surface area contributed by atoms with E-state index in [4.69, 9.17) is 11.6 Å². The predicted octanol–water partition coefficient (Wildman–Crippen LogP) is 6.39. The lowest BCUT2D eigenvalue weighted by Gasteiger charge is -2.29. The van der Waals surface area contributed by atoms with E-state index in [-0.39, 0.29) is 17.3 Å². The number of carbonyl (C=O) groups excluding carboxylic acids is 2. The number of thioether (sulfide) groups is 1. The number of carbonyl (C=O) groups is 2. The van der Waals surface area contributed by atoms with Crippen LogP contribution < -0.4 is 5.32 Å². The number of nitrogens with zero attached hydrogens (tertiary/aromatic N) is 1. The summed E-state index contributed by atoms with van der Waals surface area (Å²) in [6.45, 7) is 3.29. The first-order valence-electron chi connectivity index (χ1n) is 10.4. The number of rotatable bonds is 6. The number of benzene rings is 3. The first-order valence-corrected chi connectivity index (χ1v) is 11.8. The summed E-state index contributed by atoms with van der Waals surface area (Å²) in [7, 11) is 0. The molecule has 0 radical (unpaired) electrons. The van der Waals surface area contributed by atoms with E-state index in [0.29, 0.717) is 38.0 Å². The zero-order chi connectivity index (χ0) is 23.5. The third-order valence-electron chi connectivity index (χ3n) is 5.66. The van der Waals surface area contributed by atoms with Gasteiger partial charge in [-0.2, -0.15) is 5.26 Å². The zero-order valence-electron chi connectivity index (χ0n) is 18.2. The highest BCUT2D eigenvalue weighted by atomic mass is 35.5. The van der Waals surface area contributed by atoms with Crippen molar-refractivity contribution >= 4 is 45.7 Å². The third kappa shape index (κ3) is 4.59. The standard InChI is InChI=1S/C27H21ClN2O2S/c1-16-25(17(2)31)26(21-9-5-6-10-23(21)28)22(14-29)27(30-16)33-15-24(32)20-12-11-18-7-3-4-8-19(18)13-20/h3-13,26,30H,15H2,1-2H3/t26-/m1/s1. The molecule has 1 aliphatic heterocycles. The molecule has 164 valence electrons. The topological polar surface area (TPSA) is 70.0 Å². The van der Waals surface area contributed by atoms with Crippen LogP contribution in [-0.4, -0.2) is 17.3 Å². The second-order valence-electron chi connectivity index (χ2n) is 7.80. The van der Waals surface area contributed by atoms with Crippen LogP contribution in [0.2, 0.25) is 5.02 Å². The molecule has 1 N–H and O–H groups in total. The smallest absolute Gasteiger partial charge is 0.173 e. The molecule has 1 aliphatic rings. The molecule has 33 heavy (non-hydrogen) atoms. The van der Waals surface area contributed by atoms with Crippen LogP contribution in [0.3, 0.4) is 0 Å². The van der Waals surface area contributed by atoms with Crippen LogP contribution in [-0.2, 0) is 4.79 Å². The fourth-order valence-electron chi connectivity index (χ4n) is 4.10. The van der Waals surface area contributed by atoms with Gasteiger partial charge < -0.3 is 5.32 Å². The van der Waals surface area contributed by atoms with Gasteiger partial charge in [-0.15, -0.1) is 0 Å². The van der Waals surface area contributed by atoms with Crippen molar-refractivity contribution in [3.8, 4) is 6.07 Å². The molecule has 0 fully saturated rings. The minimum Gasteiger partial charge on any atom is -0.353 e. The van der Waals surface area contributed by atoms with E-state index >= 15 is 0 Å². The number of hydrogen-bond donors (Lipinski definition) is 1. The number of dihydropyridines is 1. The van der Waals surface area contributed by atoms with E-state index in [9.17, 15) is 14.9 Å². The van der Waals surface area contributed by atoms with E-state index in [1.165, 1.54) is 18.7 Å². The van der Waals surface area contributed by atoms with Gasteiger partial charge in [0.05, 0.1) is 28.3 Å². The second-order valence-corrected chi connectivity index (χ2v) is 9.20. The van der Waals surface area contributed by atoms with Crippen molar-refractivity contribution in [3.63, 3.8) is 0 Å². The SMILES string of the molecule is CC(=O)C1=C(C)NC(SCC(=O)c2ccc3ccccc3c2)=C(C#N)[C@H]1c1ccccc1Cl. The van der Waals surface area contributed by atoms with Gasteiger partial charge in [-0.05, 0) is 42.3 Å². The number of hydrogen-bond acceptors (Lipinski definition) is 5. The molecule has 0 aromatic heterocycles. The van der Waals surface area contributed by atoms with Gasteiger partial charge in [0.1, 0.15) is 0 Å². The molecule has 1 heterocycles. The van der Waals surface area contributed by atoms with E-state index in [1.54, 1.807) is 13.0 Å². The monoisotopic (exact) mass is 472 g/mol. The average Bonchev–Trinajstić information content (AvgIpc) is 2.81. The largest absolute Gasteiger partial charge is 0.353 e. The summed E-state index contributed by atoms with van der Waals surface area (Å²) in [5, 5.41) is 16.4. The van der Waals surface area contributed by atoms with Crippen molar-refractivity contribution in [3.05, 3.63) is 105 Å². The predicted molar refractivity (Wildman–Crippen MR) is 134 cm³/mol. The van der Waals surface area contributed by atoms with E-state index in [1.807, 2.05) is 60.7 Å². The summed E-state index contributed by atoms with van der Waals surface area (Å²) in [4.78, 5) is 25.4. The van der Waals surface area contributed by atoms with Gasteiger partial charge >= 0.3 is 0 Å². The van der Waals surface area contributed by atoms with Crippen LogP contribution in [0.15, 0.2) is 88.6 Å². The maximum Gasteiger partial charge on any atom is 0.173 e. The highest BCUT2D eigenvalue weighted by Gasteiger charge is 2.34. The summed E-state index contributed by atoms with van der Waals surface area (Å²) < 4.78 is 0. The summed E-state index contributed by atoms with van der Waals surface area (Å²) in [6, 6.07) is 23.0. The third-order valence-corrected chi connectivity index (χ3v) is 7.02. The number of nitrogens with one attached hydrogen (secondary N) is 1. The van der Waals surface area contributed by atoms with Crippen molar-refractivity contribution in [1.29, 1.82) is 5.26 Å². The fourth-order valence-corrected chi connectivity index (χ4v) is 5.33. The Hall–Kier alpha value is -3.33. The normalized spacial score (nSPS) is 15.9. The van der Waals surface area contributed by atoms with Crippen molar-refractivity contribution in [2.75, 3.05) is 5.75 Å². The number of fused-ring (bicyclic) bond motifs is 1. The van der Waals surface area contributed by atoms with Crippen LogP contribution >= 0.6 is 23.4 Å². The number of halogens is 1. The Morgan fingerprint density at radius 2 is 1.76 bits per heavy atom. The van der Waals surface area contributed by atoms with E-state index in [0.717, 1.165) is 10.8 Å². The van der Waals surface area contributed by atoms with Gasteiger partial charge in [0.25, 0.3) is 0 Å². The molecule has 0 saturated carbocycles. The minimum atomic E-state index is -0.583. The molecule has 0 aliphatic carbocycles. The molecule has 4 rings (SSSR count). The lowest BCUT2D eigenvalue weighted by molar-refractivity contribution is -0.113. The molecule has 6 heteroatoms. The van der Waals surface area contributed by atoms with Crippen molar-refractivity contribution in [2.45, 2.75) is 19.8 Å². The Labute approximate surface area is 201 Å². The van der Waals surface area contributed by atoms with E-state index in [2.05, 4.69) is 11.4 Å². The molecule has 1 atom stereocenters. The molecular formula is C27H21ClN2O2S. The Morgan fingerprint density at radius 3 is 2.45 bits per heavy atom. The molecular weight excluding hydrogens is 452 g/mol. The Bertz CT molecular complexity index is 1380. The Kier molecular flexibility index (Phi) is 6.69. The molecule has 0 amide bonds. The maximum absolute atomic E-state index is 12.9. The summed E-state index contributed by atoms with van der Waals surface area (Å²) >= 11 is 7.72. The van der Waals surface area contributed by atoms with Gasteiger partial charge in [-0.3, -0.25) is 9.59 Å². The highest BCUT2D eigenvalue weighted by molar-refractivity contribution is 8.03. The van der Waals surface area contributed by atoms with E-state index < -0.39 is 5.92 Å². The first kappa shape index (κ1) is 22.8. The fraction of sp³-hybridized carbons (Fsp3) is 0.148. The Balaban J connectivity index is 1.66. The van der Waals surface area contributed by atoms with Crippen molar-refractivity contribution < 1.29 is 9.59 Å². The molecule has 0 spiro atoms. The number of allylic oxidation sites excluding steroid dienone is 3. The number of nitriles is 1. The van der Waals surface area contributed by atoms with Gasteiger partial charge in [0, 0.05) is 21.9 Å². The number of ketones is 2. The summed E-state index contributed by atoms with van der Waals surface area (Å²) in [5.74, 6) is -0.593. The molecule has 3 aromatic carbocycles. The van der Waals surface area contributed by atoms with Crippen LogP contribution in [0.1, 0.15) is 35.7 Å². The second kappa shape index (κ2) is 9.66. The quantitative estimate of drug-likeness (QED) is 0.420. The maximum atomic E-state index is 12.9. The molecule has 4 nitrogen and oxygen atoms in total. The summed E-state index contributed by atoms with van der Waals surface area (Å²) in [5.41, 5.74) is 2.86. The van der Waals surface area contributed by atoms with Crippen LogP contribution in [0.5, 0.6) is 0 Å². The Morgan fingerprint density at radius 1 is 1.06 bits per heavy atom. The van der Waals surface area contributed by atoms with Gasteiger partial charge in [-0.25, -0.2) is 0 Å². The van der Waals surface area contributed by atoms with Gasteiger partial charge in [-0.1, -0.05) is 78.0 Å². The van der Waals surface area contributed by atoms with Crippen molar-refractivity contribution in [2.24, 2.45) is 0 Å². The average molecular weight is 473 g/mol. The van der Waals surface area contributed by atoms with Crippen LogP contribution in [0.4, 0.5) is 0 Å². The number of Topliss-reactive ketones (excluding diaryl/α,β-unsaturated/α-hetero) is 2. The zero-order valence-corrected chi connectivity index (χ0v) is 19.8. The van der Waals surface area contributed by atoms with Gasteiger partial charge in [0.2, 0.25) is 0 Å². The summed E-state index contributed by atoms with van der Waals surface area (Å²) in [6.07, 6.45) is 0. The van der Waals surface area contributed by atoms with Crippen LogP contribution in [0.25, 0.3) is 10.8 Å². The highest BCUT2D eigenvalue weighted by Crippen LogP contribution is 2.43. The van der Waals surface area contributed by atoms with Crippen LogP contribution in [0, 0.1) is 11.3 Å². The lowest BCUT2D eigenvalue weighted by Crippen LogP contribution is -2.27. The molecule has 0 saturated heterocycles. The minimum absolute atomic E-state index is 0.0365. The molecule has 0 bridgehead atoms. The van der Waals surface area contributed by atoms with Gasteiger partial charge in [0.15, 0.2) is 11.6 Å². The first-order chi connectivity index (χ1) is 15.9. The molecule has 0 unspecified atom stereocenters.